The molecule has 1 rings (SSSR count). The number of nitrogens with two attached hydrogens (primary N) is 1. The number of alkyl halides is 2. The molecule has 84 valence electrons. The molecule has 1 aromatic carbocycles. The molecule has 0 spiro atoms. The first-order valence-corrected chi connectivity index (χ1v) is 5.03. The summed E-state index contributed by atoms with van der Waals surface area (Å²) in [6, 6.07) is 3.40. The van der Waals surface area contributed by atoms with E-state index in [0.717, 1.165) is 22.3 Å². The number of halogens is 2. The van der Waals surface area contributed by atoms with Gasteiger partial charge in [-0.2, -0.15) is 0 Å². The molecule has 0 saturated carbocycles. The fraction of sp³-hybridized carbons (Fsp3) is 0.500. The van der Waals surface area contributed by atoms with Crippen molar-refractivity contribution in [3.63, 3.8) is 0 Å². The lowest BCUT2D eigenvalue weighted by Crippen LogP contribution is -2.16. The summed E-state index contributed by atoms with van der Waals surface area (Å²) in [5.74, 6) is 0. The van der Waals surface area contributed by atoms with Crippen LogP contribution in [0.15, 0.2) is 12.1 Å². The molecule has 15 heavy (non-hydrogen) atoms. The highest BCUT2D eigenvalue weighted by atomic mass is 19.3. The van der Waals surface area contributed by atoms with Crippen molar-refractivity contribution >= 4 is 0 Å². The van der Waals surface area contributed by atoms with Crippen LogP contribution < -0.4 is 5.73 Å². The maximum absolute atomic E-state index is 12.2. The van der Waals surface area contributed by atoms with Crippen LogP contribution in [-0.4, -0.2) is 6.43 Å². The van der Waals surface area contributed by atoms with E-state index >= 15 is 0 Å². The molecule has 0 aliphatic carbocycles. The first-order chi connectivity index (χ1) is 6.91. The first-order valence-electron chi connectivity index (χ1n) is 5.03. The Morgan fingerprint density at radius 2 is 1.60 bits per heavy atom. The molecule has 2 N–H and O–H groups in total. The second-order valence-corrected chi connectivity index (χ2v) is 4.05. The molecular formula is C12H17F2N. The minimum Gasteiger partial charge on any atom is -0.324 e. The summed E-state index contributed by atoms with van der Waals surface area (Å²) < 4.78 is 24.5. The van der Waals surface area contributed by atoms with Gasteiger partial charge in [0.1, 0.15) is 0 Å². The average molecular weight is 213 g/mol. The lowest BCUT2D eigenvalue weighted by atomic mass is 9.93. The van der Waals surface area contributed by atoms with E-state index in [4.69, 9.17) is 5.73 Å². The summed E-state index contributed by atoms with van der Waals surface area (Å²) in [5.41, 5.74) is 9.77. The monoisotopic (exact) mass is 213 g/mol. The van der Waals surface area contributed by atoms with Crippen LogP contribution in [0.5, 0.6) is 0 Å². The van der Waals surface area contributed by atoms with Crippen molar-refractivity contribution in [1.82, 2.24) is 0 Å². The third-order valence-corrected chi connectivity index (χ3v) is 2.54. The van der Waals surface area contributed by atoms with Crippen LogP contribution in [0.1, 0.15) is 34.7 Å². The van der Waals surface area contributed by atoms with E-state index in [9.17, 15) is 8.78 Å². The van der Waals surface area contributed by atoms with Gasteiger partial charge >= 0.3 is 0 Å². The van der Waals surface area contributed by atoms with E-state index in [0.29, 0.717) is 0 Å². The zero-order valence-corrected chi connectivity index (χ0v) is 9.35. The van der Waals surface area contributed by atoms with Crippen LogP contribution in [0, 0.1) is 20.8 Å². The number of hydrogen-bond donors (Lipinski definition) is 1. The van der Waals surface area contributed by atoms with E-state index in [1.54, 1.807) is 0 Å². The topological polar surface area (TPSA) is 26.0 Å². The molecule has 1 atom stereocenters. The van der Waals surface area contributed by atoms with Gasteiger partial charge in [-0.05, 0) is 37.5 Å². The highest BCUT2D eigenvalue weighted by Gasteiger charge is 2.16. The molecule has 0 aliphatic heterocycles. The Balaban J connectivity index is 3.03. The van der Waals surface area contributed by atoms with Gasteiger partial charge in [0.05, 0.1) is 0 Å². The van der Waals surface area contributed by atoms with Gasteiger partial charge in [-0.1, -0.05) is 17.7 Å². The predicted octanol–water partition coefficient (Wildman–Crippen LogP) is 3.27. The number of hydrogen-bond acceptors (Lipinski definition) is 1. The van der Waals surface area contributed by atoms with Gasteiger partial charge in [0, 0.05) is 12.5 Å². The molecule has 0 fully saturated rings. The van der Waals surface area contributed by atoms with Gasteiger partial charge in [0.25, 0.3) is 0 Å². The summed E-state index contributed by atoms with van der Waals surface area (Å²) in [6.07, 6.45) is -2.62. The van der Waals surface area contributed by atoms with Gasteiger partial charge in [-0.25, -0.2) is 8.78 Å². The van der Waals surface area contributed by atoms with Gasteiger partial charge in [-0.15, -0.1) is 0 Å². The molecule has 0 aliphatic rings. The number of aryl methyl sites for hydroxylation is 3. The Bertz CT molecular complexity index is 324. The molecule has 0 bridgehead atoms. The first kappa shape index (κ1) is 12.1. The Kier molecular flexibility index (Phi) is 3.80. The highest BCUT2D eigenvalue weighted by molar-refractivity contribution is 5.39. The third-order valence-electron chi connectivity index (χ3n) is 2.54. The summed E-state index contributed by atoms with van der Waals surface area (Å²) in [6.45, 7) is 5.82. The van der Waals surface area contributed by atoms with E-state index in [2.05, 4.69) is 0 Å². The second-order valence-electron chi connectivity index (χ2n) is 4.05. The van der Waals surface area contributed by atoms with Crippen LogP contribution >= 0.6 is 0 Å². The van der Waals surface area contributed by atoms with Gasteiger partial charge in [0.2, 0.25) is 6.43 Å². The number of rotatable bonds is 3. The molecule has 0 aromatic heterocycles. The quantitative estimate of drug-likeness (QED) is 0.819. The van der Waals surface area contributed by atoms with Crippen molar-refractivity contribution in [2.45, 2.75) is 39.7 Å². The van der Waals surface area contributed by atoms with Crippen molar-refractivity contribution in [3.8, 4) is 0 Å². The van der Waals surface area contributed by atoms with Crippen LogP contribution in [0.3, 0.4) is 0 Å². The SMILES string of the molecule is Cc1cc(C)c([C@@H](N)CC(F)F)c(C)c1. The van der Waals surface area contributed by atoms with Crippen LogP contribution in [0.25, 0.3) is 0 Å². The summed E-state index contributed by atoms with van der Waals surface area (Å²) in [4.78, 5) is 0. The lowest BCUT2D eigenvalue weighted by molar-refractivity contribution is 0.128. The van der Waals surface area contributed by atoms with Crippen molar-refractivity contribution < 1.29 is 8.78 Å². The Morgan fingerprint density at radius 1 is 1.13 bits per heavy atom. The smallest absolute Gasteiger partial charge is 0.240 e. The Morgan fingerprint density at radius 3 is 2.00 bits per heavy atom. The van der Waals surface area contributed by atoms with Gasteiger partial charge in [0.15, 0.2) is 0 Å². The molecule has 0 radical (unpaired) electrons. The lowest BCUT2D eigenvalue weighted by Gasteiger charge is -2.18. The van der Waals surface area contributed by atoms with Crippen LogP contribution in [-0.2, 0) is 0 Å². The van der Waals surface area contributed by atoms with Crippen LogP contribution in [0.4, 0.5) is 8.78 Å². The zero-order chi connectivity index (χ0) is 11.6. The Hall–Kier alpha value is -0.960. The third kappa shape index (κ3) is 2.99. The van der Waals surface area contributed by atoms with Crippen molar-refractivity contribution in [3.05, 3.63) is 34.4 Å². The zero-order valence-electron chi connectivity index (χ0n) is 9.35. The number of benzene rings is 1. The molecule has 1 aromatic rings. The maximum Gasteiger partial charge on any atom is 0.240 e. The highest BCUT2D eigenvalue weighted by Crippen LogP contribution is 2.25. The molecule has 0 amide bonds. The predicted molar refractivity (Wildman–Crippen MR) is 58.2 cm³/mol. The largest absolute Gasteiger partial charge is 0.324 e. The normalized spacial score (nSPS) is 13.3. The standard InChI is InChI=1S/C12H17F2N/c1-7-4-8(2)12(9(3)5-7)10(15)6-11(13)14/h4-5,10-11H,6,15H2,1-3H3/t10-/m0/s1. The van der Waals surface area contributed by atoms with E-state index in [1.165, 1.54) is 0 Å². The minimum absolute atomic E-state index is 0.273. The Labute approximate surface area is 89.3 Å². The summed E-state index contributed by atoms with van der Waals surface area (Å²) >= 11 is 0. The maximum atomic E-state index is 12.2. The fourth-order valence-corrected chi connectivity index (χ4v) is 2.09. The van der Waals surface area contributed by atoms with Crippen molar-refractivity contribution in [2.75, 3.05) is 0 Å². The molecule has 0 heterocycles. The van der Waals surface area contributed by atoms with E-state index in [1.807, 2.05) is 32.9 Å². The van der Waals surface area contributed by atoms with Crippen molar-refractivity contribution in [2.24, 2.45) is 5.73 Å². The molecular weight excluding hydrogens is 196 g/mol. The average Bonchev–Trinajstić information content (AvgIpc) is 1.99. The van der Waals surface area contributed by atoms with Crippen molar-refractivity contribution in [1.29, 1.82) is 0 Å². The van der Waals surface area contributed by atoms with E-state index < -0.39 is 12.5 Å². The van der Waals surface area contributed by atoms with E-state index in [-0.39, 0.29) is 6.42 Å². The van der Waals surface area contributed by atoms with Gasteiger partial charge in [-0.3, -0.25) is 0 Å². The van der Waals surface area contributed by atoms with Crippen LogP contribution in [0.2, 0.25) is 0 Å². The minimum atomic E-state index is -2.35. The fourth-order valence-electron chi connectivity index (χ4n) is 2.09. The molecule has 1 nitrogen and oxygen atoms in total. The summed E-state index contributed by atoms with van der Waals surface area (Å²) in [5, 5.41) is 0. The molecule has 0 unspecified atom stereocenters. The van der Waals surface area contributed by atoms with Gasteiger partial charge < -0.3 is 5.73 Å². The second kappa shape index (κ2) is 4.71. The summed E-state index contributed by atoms with van der Waals surface area (Å²) in [7, 11) is 0. The molecule has 3 heteroatoms. The molecule has 0 saturated heterocycles.